The Bertz CT molecular complexity index is 3700. The van der Waals surface area contributed by atoms with Crippen LogP contribution in [0.1, 0.15) is 124 Å². The highest BCUT2D eigenvalue weighted by molar-refractivity contribution is 7.26. The van der Waals surface area contributed by atoms with Gasteiger partial charge < -0.3 is 14.7 Å². The predicted molar refractivity (Wildman–Crippen MR) is 318 cm³/mol. The summed E-state index contributed by atoms with van der Waals surface area (Å²) in [5.74, 6) is 0. The summed E-state index contributed by atoms with van der Waals surface area (Å²) in [6, 6.07) is 64.1. The third kappa shape index (κ3) is 6.83. The highest BCUT2D eigenvalue weighted by Gasteiger charge is 2.58. The third-order valence-corrected chi connectivity index (χ3v) is 19.1. The second kappa shape index (κ2) is 16.0. The number of para-hydroxylation sites is 1. The SMILES string of the molecule is CC(C)(C)c1ccc(N2c3ccc(C(C)(C)C)cc3B3c4ccc5c(sc6ccccc65)c4N(c4ccc(C(C)(C)C)cc4-c4ccccc4)c4cc(N5c6ccccc6C6(C)CCCCC56C)cc2c43)cc1. The van der Waals surface area contributed by atoms with E-state index >= 15 is 0 Å². The summed E-state index contributed by atoms with van der Waals surface area (Å²) >= 11 is 1.95. The van der Waals surface area contributed by atoms with Crippen molar-refractivity contribution in [2.75, 3.05) is 14.7 Å². The molecular weight excluding hydrogens is 902 g/mol. The summed E-state index contributed by atoms with van der Waals surface area (Å²) in [5, 5.41) is 2.63. The second-order valence-electron chi connectivity index (χ2n) is 25.3. The summed E-state index contributed by atoms with van der Waals surface area (Å²) in [7, 11) is 0. The van der Waals surface area contributed by atoms with Gasteiger partial charge in [-0.15, -0.1) is 11.3 Å². The van der Waals surface area contributed by atoms with E-state index in [1.54, 1.807) is 0 Å². The second-order valence-corrected chi connectivity index (χ2v) is 26.4. The summed E-state index contributed by atoms with van der Waals surface area (Å²) in [4.78, 5) is 8.19. The monoisotopic (exact) mass is 970 g/mol. The summed E-state index contributed by atoms with van der Waals surface area (Å²) < 4.78 is 2.65. The molecule has 13 rings (SSSR count). The van der Waals surface area contributed by atoms with Gasteiger partial charge in [-0.1, -0.05) is 191 Å². The van der Waals surface area contributed by atoms with Crippen LogP contribution in [0.5, 0.6) is 0 Å². The van der Waals surface area contributed by atoms with Crippen LogP contribution in [0.25, 0.3) is 31.3 Å². The van der Waals surface area contributed by atoms with Crippen molar-refractivity contribution in [3.8, 4) is 11.1 Å². The summed E-state index contributed by atoms with van der Waals surface area (Å²) in [6.45, 7) is 26.2. The van der Waals surface area contributed by atoms with Crippen LogP contribution in [0.2, 0.25) is 0 Å². The van der Waals surface area contributed by atoms with Crippen LogP contribution in [-0.2, 0) is 21.7 Å². The van der Waals surface area contributed by atoms with Crippen molar-refractivity contribution in [3.63, 3.8) is 0 Å². The Morgan fingerprint density at radius 3 is 1.82 bits per heavy atom. The van der Waals surface area contributed by atoms with E-state index < -0.39 is 0 Å². The van der Waals surface area contributed by atoms with Gasteiger partial charge in [-0.3, -0.25) is 0 Å². The van der Waals surface area contributed by atoms with Gasteiger partial charge in [-0.2, -0.15) is 0 Å². The molecule has 8 aromatic carbocycles. The average molecular weight is 970 g/mol. The standard InChI is InChI=1S/C68H68BN3S/c1-64(2,3)44-27-31-47(32-28-44)70-57-36-30-46(66(7,8)9)40-54(57)69-53-34-33-50-49-23-15-18-26-60(49)73-63(50)62(53)71(55-35-29-45(65(4,5)6)39-51(55)43-21-13-12-14-22-43)59-42-48(41-58(70)61(59)69)72-56-25-17-16-24-52(56)67(10)37-19-20-38-68(67,72)11/h12-18,21-36,39-42H,19-20,37-38H2,1-11H3. The molecule has 1 saturated carbocycles. The van der Waals surface area contributed by atoms with Gasteiger partial charge in [0, 0.05) is 60.6 Å². The van der Waals surface area contributed by atoms with Crippen LogP contribution in [0, 0.1) is 0 Å². The first-order valence-corrected chi connectivity index (χ1v) is 27.7. The first-order chi connectivity index (χ1) is 34.8. The molecule has 2 unspecified atom stereocenters. The van der Waals surface area contributed by atoms with E-state index in [1.807, 2.05) is 11.3 Å². The largest absolute Gasteiger partial charge is 0.334 e. The van der Waals surface area contributed by atoms with Crippen LogP contribution in [0.3, 0.4) is 0 Å². The predicted octanol–water partition coefficient (Wildman–Crippen LogP) is 17.4. The lowest BCUT2D eigenvalue weighted by Crippen LogP contribution is -2.61. The molecule has 0 amide bonds. The highest BCUT2D eigenvalue weighted by atomic mass is 32.1. The average Bonchev–Trinajstić information content (AvgIpc) is 3.85. The number of anilines is 8. The van der Waals surface area contributed by atoms with Crippen LogP contribution in [-0.4, -0.2) is 12.3 Å². The fourth-order valence-corrected chi connectivity index (χ4v) is 14.9. The molecule has 73 heavy (non-hydrogen) atoms. The van der Waals surface area contributed by atoms with Gasteiger partial charge in [0.25, 0.3) is 6.71 Å². The molecule has 364 valence electrons. The quantitative estimate of drug-likeness (QED) is 0.163. The molecule has 5 heteroatoms. The number of benzene rings is 8. The first kappa shape index (κ1) is 46.2. The van der Waals surface area contributed by atoms with Crippen molar-refractivity contribution >= 4 is 100 Å². The zero-order chi connectivity index (χ0) is 50.6. The van der Waals surface area contributed by atoms with Crippen LogP contribution >= 0.6 is 11.3 Å². The Kier molecular flexibility index (Phi) is 10.1. The number of fused-ring (bicyclic) bond motifs is 11. The Morgan fingerprint density at radius 2 is 1.10 bits per heavy atom. The molecular formula is C68H68BN3S. The minimum Gasteiger partial charge on any atom is -0.334 e. The topological polar surface area (TPSA) is 9.72 Å². The molecule has 1 aliphatic carbocycles. The minimum atomic E-state index is -0.137. The molecule has 4 aliphatic rings. The normalized spacial score (nSPS) is 19.2. The van der Waals surface area contributed by atoms with Crippen LogP contribution < -0.4 is 31.1 Å². The van der Waals surface area contributed by atoms with Crippen molar-refractivity contribution in [2.24, 2.45) is 0 Å². The van der Waals surface area contributed by atoms with Crippen molar-refractivity contribution < 1.29 is 0 Å². The van der Waals surface area contributed by atoms with Gasteiger partial charge in [-0.05, 0) is 135 Å². The van der Waals surface area contributed by atoms with Crippen molar-refractivity contribution in [1.29, 1.82) is 0 Å². The number of hydrogen-bond acceptors (Lipinski definition) is 4. The lowest BCUT2D eigenvalue weighted by molar-refractivity contribution is 0.195. The Hall–Kier alpha value is -6.56. The third-order valence-electron chi connectivity index (χ3n) is 17.9. The van der Waals surface area contributed by atoms with Gasteiger partial charge in [0.15, 0.2) is 0 Å². The highest BCUT2D eigenvalue weighted by Crippen LogP contribution is 2.62. The maximum Gasteiger partial charge on any atom is 0.252 e. The molecule has 0 N–H and O–H groups in total. The molecule has 0 spiro atoms. The zero-order valence-electron chi connectivity index (χ0n) is 44.7. The Morgan fingerprint density at radius 1 is 0.479 bits per heavy atom. The molecule has 0 bridgehead atoms. The zero-order valence-corrected chi connectivity index (χ0v) is 45.6. The van der Waals surface area contributed by atoms with Crippen LogP contribution in [0.4, 0.5) is 45.5 Å². The van der Waals surface area contributed by atoms with Gasteiger partial charge >= 0.3 is 0 Å². The van der Waals surface area contributed by atoms with E-state index in [0.717, 1.165) is 6.42 Å². The molecule has 0 saturated heterocycles. The number of hydrogen-bond donors (Lipinski definition) is 0. The molecule has 1 fully saturated rings. The fourth-order valence-electron chi connectivity index (χ4n) is 13.6. The number of thiophene rings is 1. The van der Waals surface area contributed by atoms with Gasteiger partial charge in [0.1, 0.15) is 0 Å². The van der Waals surface area contributed by atoms with Gasteiger partial charge in [-0.25, -0.2) is 0 Å². The molecule has 1 aromatic heterocycles. The smallest absolute Gasteiger partial charge is 0.252 e. The maximum atomic E-state index is 2.81. The summed E-state index contributed by atoms with van der Waals surface area (Å²) in [5.41, 5.74) is 21.9. The van der Waals surface area contributed by atoms with E-state index in [0.29, 0.717) is 0 Å². The van der Waals surface area contributed by atoms with E-state index in [9.17, 15) is 0 Å². The molecule has 4 heterocycles. The molecule has 3 nitrogen and oxygen atoms in total. The van der Waals surface area contributed by atoms with Crippen LogP contribution in [0.15, 0.2) is 164 Å². The molecule has 3 aliphatic heterocycles. The Balaban J connectivity index is 1.21. The van der Waals surface area contributed by atoms with Gasteiger partial charge in [0.2, 0.25) is 0 Å². The van der Waals surface area contributed by atoms with E-state index in [1.165, 1.54) is 135 Å². The van der Waals surface area contributed by atoms with E-state index in [2.05, 4.69) is 255 Å². The van der Waals surface area contributed by atoms with Crippen molar-refractivity contribution in [3.05, 3.63) is 186 Å². The van der Waals surface area contributed by atoms with E-state index in [-0.39, 0.29) is 33.9 Å². The number of nitrogens with zero attached hydrogens (tertiary/aromatic N) is 3. The first-order valence-electron chi connectivity index (χ1n) is 26.9. The maximum absolute atomic E-state index is 2.81. The Labute approximate surface area is 438 Å². The lowest BCUT2D eigenvalue weighted by atomic mass is 9.33. The van der Waals surface area contributed by atoms with Gasteiger partial charge in [0.05, 0.1) is 21.6 Å². The van der Waals surface area contributed by atoms with Crippen molar-refractivity contribution in [2.45, 2.75) is 129 Å². The number of rotatable bonds is 4. The fraction of sp³-hybridized carbons (Fsp3) is 0.294. The minimum absolute atomic E-state index is 0.00522. The van der Waals surface area contributed by atoms with E-state index in [4.69, 9.17) is 0 Å². The summed E-state index contributed by atoms with van der Waals surface area (Å²) in [6.07, 6.45) is 4.78. The molecule has 0 radical (unpaired) electrons. The molecule has 9 aromatic rings. The molecule has 2 atom stereocenters. The lowest BCUT2D eigenvalue weighted by Gasteiger charge is -2.51. The van der Waals surface area contributed by atoms with Crippen molar-refractivity contribution in [1.82, 2.24) is 0 Å².